The summed E-state index contributed by atoms with van der Waals surface area (Å²) in [4.78, 5) is 5.23. The van der Waals surface area contributed by atoms with Gasteiger partial charge < -0.3 is 4.57 Å². The van der Waals surface area contributed by atoms with Gasteiger partial charge in [0.05, 0.1) is 11.0 Å². The van der Waals surface area contributed by atoms with Crippen LogP contribution in [0.15, 0.2) is 176 Å². The van der Waals surface area contributed by atoms with Crippen molar-refractivity contribution in [3.8, 4) is 16.9 Å². The van der Waals surface area contributed by atoms with E-state index in [1.54, 1.807) is 0 Å². The van der Waals surface area contributed by atoms with Gasteiger partial charge in [-0.25, -0.2) is 4.98 Å². The number of rotatable bonds is 3. The molecule has 0 unspecified atom stereocenters. The molecule has 0 amide bonds. The summed E-state index contributed by atoms with van der Waals surface area (Å²) in [6.07, 6.45) is 2.21. The third-order valence-electron chi connectivity index (χ3n) is 10.3. The SMILES string of the molecule is c1ccc(-n2c3ccccc3c3cc4c5cc6ccccc6cc5n(-[n+]5cc(-c6ccc7ccccc7c6)nc6ccccc65)c4cc32)cc1. The molecule has 0 aliphatic carbocycles. The van der Waals surface area contributed by atoms with Crippen LogP contribution >= 0.6 is 0 Å². The molecule has 11 aromatic rings. The van der Waals surface area contributed by atoms with Gasteiger partial charge >= 0.3 is 0 Å². The van der Waals surface area contributed by atoms with Gasteiger partial charge in [-0.1, -0.05) is 114 Å². The number of hydrogen-bond acceptors (Lipinski definition) is 1. The van der Waals surface area contributed by atoms with Crippen LogP contribution < -0.4 is 4.68 Å². The summed E-state index contributed by atoms with van der Waals surface area (Å²) < 4.78 is 7.12. The Morgan fingerprint density at radius 3 is 1.92 bits per heavy atom. The molecule has 4 heteroatoms. The Hall–Kier alpha value is -6.78. The van der Waals surface area contributed by atoms with Gasteiger partial charge in [0.15, 0.2) is 0 Å². The monoisotopic (exact) mass is 637 g/mol. The maximum atomic E-state index is 5.23. The molecule has 0 saturated heterocycles. The number of aromatic nitrogens is 4. The molecule has 0 radical (unpaired) electrons. The van der Waals surface area contributed by atoms with Gasteiger partial charge in [-0.15, -0.1) is 4.68 Å². The Balaban J connectivity index is 1.31. The largest absolute Gasteiger partial charge is 0.309 e. The van der Waals surface area contributed by atoms with E-state index in [1.165, 1.54) is 54.1 Å². The highest BCUT2D eigenvalue weighted by Crippen LogP contribution is 2.39. The zero-order chi connectivity index (χ0) is 32.8. The fourth-order valence-electron chi connectivity index (χ4n) is 7.98. The van der Waals surface area contributed by atoms with Gasteiger partial charge in [0.1, 0.15) is 22.2 Å². The van der Waals surface area contributed by atoms with Crippen molar-refractivity contribution in [2.24, 2.45) is 0 Å². The second kappa shape index (κ2) is 10.4. The number of fused-ring (bicyclic) bond motifs is 9. The summed E-state index contributed by atoms with van der Waals surface area (Å²) in [7, 11) is 0. The van der Waals surface area contributed by atoms with Crippen LogP contribution in [0.5, 0.6) is 0 Å². The van der Waals surface area contributed by atoms with Crippen molar-refractivity contribution in [3.05, 3.63) is 176 Å². The fraction of sp³-hybridized carbons (Fsp3) is 0. The maximum absolute atomic E-state index is 5.23. The summed E-state index contributed by atoms with van der Waals surface area (Å²) in [6, 6.07) is 61.2. The van der Waals surface area contributed by atoms with E-state index in [-0.39, 0.29) is 0 Å². The molecule has 0 N–H and O–H groups in total. The van der Waals surface area contributed by atoms with Gasteiger partial charge in [-0.3, -0.25) is 0 Å². The van der Waals surface area contributed by atoms with E-state index < -0.39 is 0 Å². The van der Waals surface area contributed by atoms with Crippen molar-refractivity contribution in [3.63, 3.8) is 0 Å². The average Bonchev–Trinajstić information content (AvgIpc) is 3.67. The van der Waals surface area contributed by atoms with E-state index in [2.05, 4.69) is 190 Å². The van der Waals surface area contributed by atoms with Crippen LogP contribution in [0, 0.1) is 0 Å². The molecule has 0 saturated carbocycles. The lowest BCUT2D eigenvalue weighted by atomic mass is 10.0. The second-order valence-electron chi connectivity index (χ2n) is 13.1. The molecule has 0 bridgehead atoms. The van der Waals surface area contributed by atoms with Crippen LogP contribution in [0.1, 0.15) is 0 Å². The van der Waals surface area contributed by atoms with Crippen LogP contribution in [-0.2, 0) is 0 Å². The number of nitrogens with zero attached hydrogens (tertiary/aromatic N) is 4. The first-order valence-electron chi connectivity index (χ1n) is 17.1. The normalized spacial score (nSPS) is 12.0. The van der Waals surface area contributed by atoms with E-state index in [9.17, 15) is 0 Å². The first-order chi connectivity index (χ1) is 24.8. The van der Waals surface area contributed by atoms with Crippen molar-refractivity contribution in [2.45, 2.75) is 0 Å². The maximum Gasteiger partial charge on any atom is 0.261 e. The quantitative estimate of drug-likeness (QED) is 0.177. The summed E-state index contributed by atoms with van der Waals surface area (Å²) >= 11 is 0. The van der Waals surface area contributed by atoms with Gasteiger partial charge in [0.2, 0.25) is 6.20 Å². The van der Waals surface area contributed by atoms with Crippen molar-refractivity contribution < 1.29 is 4.68 Å². The third-order valence-corrected chi connectivity index (χ3v) is 10.3. The van der Waals surface area contributed by atoms with E-state index in [0.29, 0.717) is 0 Å². The predicted molar refractivity (Wildman–Crippen MR) is 207 cm³/mol. The lowest BCUT2D eigenvalue weighted by Gasteiger charge is -2.09. The molecule has 232 valence electrons. The highest BCUT2D eigenvalue weighted by molar-refractivity contribution is 6.20. The van der Waals surface area contributed by atoms with Crippen LogP contribution in [0.2, 0.25) is 0 Å². The van der Waals surface area contributed by atoms with Crippen molar-refractivity contribution >= 4 is 76.2 Å². The zero-order valence-corrected chi connectivity index (χ0v) is 27.0. The highest BCUT2D eigenvalue weighted by Gasteiger charge is 2.25. The number of hydrogen-bond donors (Lipinski definition) is 0. The summed E-state index contributed by atoms with van der Waals surface area (Å²) in [5, 5.41) is 9.78. The Kier molecular flexibility index (Phi) is 5.63. The molecule has 3 heterocycles. The molecule has 3 aromatic heterocycles. The molecule has 8 aromatic carbocycles. The van der Waals surface area contributed by atoms with E-state index >= 15 is 0 Å². The van der Waals surface area contributed by atoms with Crippen molar-refractivity contribution in [1.29, 1.82) is 0 Å². The fourth-order valence-corrected chi connectivity index (χ4v) is 7.98. The molecule has 0 fully saturated rings. The third kappa shape index (κ3) is 3.93. The second-order valence-corrected chi connectivity index (χ2v) is 13.1. The van der Waals surface area contributed by atoms with E-state index in [0.717, 1.165) is 39.0 Å². The molecule has 0 spiro atoms. The topological polar surface area (TPSA) is 26.6 Å². The lowest BCUT2D eigenvalue weighted by Crippen LogP contribution is -2.42. The van der Waals surface area contributed by atoms with Gasteiger partial charge in [-0.05, 0) is 76.1 Å². The minimum absolute atomic E-state index is 0.921. The predicted octanol–water partition coefficient (Wildman–Crippen LogP) is 11.0. The molecule has 11 rings (SSSR count). The highest BCUT2D eigenvalue weighted by atomic mass is 15.5. The van der Waals surface area contributed by atoms with Crippen LogP contribution in [0.4, 0.5) is 0 Å². The Labute approximate surface area is 287 Å². The minimum Gasteiger partial charge on any atom is -0.309 e. The van der Waals surface area contributed by atoms with Gasteiger partial charge in [0, 0.05) is 38.9 Å². The van der Waals surface area contributed by atoms with Crippen LogP contribution in [0.3, 0.4) is 0 Å². The molecule has 50 heavy (non-hydrogen) atoms. The molecule has 0 atom stereocenters. The zero-order valence-electron chi connectivity index (χ0n) is 27.0. The lowest BCUT2D eigenvalue weighted by molar-refractivity contribution is -0.695. The number of benzene rings is 8. The number of para-hydroxylation sites is 4. The average molecular weight is 638 g/mol. The summed E-state index contributed by atoms with van der Waals surface area (Å²) in [5.74, 6) is 0. The minimum atomic E-state index is 0.921. The van der Waals surface area contributed by atoms with Gasteiger partial charge in [-0.2, -0.15) is 0 Å². The van der Waals surface area contributed by atoms with Crippen LogP contribution in [-0.4, -0.2) is 14.2 Å². The standard InChI is InChI=1S/C46H29N4/c1-2-16-35(17-3-1)49-42-20-10-8-18-36(42)38-27-39-37-25-32-14-6-7-15-33(32)26-45(37)50(46(39)28-44(38)49)48-29-41(47-40-19-9-11-21-43(40)48)34-23-22-30-12-4-5-13-31(30)24-34/h1-29H/q+1. The molecule has 4 nitrogen and oxygen atoms in total. The smallest absolute Gasteiger partial charge is 0.261 e. The molecule has 0 aliphatic rings. The summed E-state index contributed by atoms with van der Waals surface area (Å²) in [5.41, 5.74) is 9.77. The van der Waals surface area contributed by atoms with Crippen LogP contribution in [0.25, 0.3) is 93.1 Å². The van der Waals surface area contributed by atoms with E-state index in [1.807, 2.05) is 0 Å². The first kappa shape index (κ1) is 27.2. The summed E-state index contributed by atoms with van der Waals surface area (Å²) in [6.45, 7) is 0. The van der Waals surface area contributed by atoms with Crippen molar-refractivity contribution in [2.75, 3.05) is 0 Å². The van der Waals surface area contributed by atoms with Crippen molar-refractivity contribution in [1.82, 2.24) is 14.2 Å². The van der Waals surface area contributed by atoms with E-state index in [4.69, 9.17) is 4.98 Å². The van der Waals surface area contributed by atoms with Gasteiger partial charge in [0.25, 0.3) is 5.52 Å². The Morgan fingerprint density at radius 1 is 0.420 bits per heavy atom. The Bertz CT molecular complexity index is 3150. The molecular weight excluding hydrogens is 609 g/mol. The molecular formula is C46H29N4+. The Morgan fingerprint density at radius 2 is 1.06 bits per heavy atom. The molecule has 0 aliphatic heterocycles. The first-order valence-corrected chi connectivity index (χ1v) is 17.1.